The van der Waals surface area contributed by atoms with Crippen molar-refractivity contribution in [1.82, 2.24) is 0 Å². The molecule has 3 aliphatic carbocycles. The van der Waals surface area contributed by atoms with Crippen molar-refractivity contribution in [2.75, 3.05) is 0 Å². The molecule has 0 aromatic heterocycles. The normalized spacial score (nSPS) is 29.5. The highest BCUT2D eigenvalue weighted by molar-refractivity contribution is 6.52. The second-order valence-corrected chi connectivity index (χ2v) is 10.9. The number of halogens is 4. The second-order valence-electron chi connectivity index (χ2n) is 8.91. The summed E-state index contributed by atoms with van der Waals surface area (Å²) >= 11 is 30.2. The molecule has 0 unspecified atom stereocenters. The topological polar surface area (TPSA) is 0 Å². The summed E-state index contributed by atoms with van der Waals surface area (Å²) in [6.45, 7) is 0. The van der Waals surface area contributed by atoms with Crippen LogP contribution in [0, 0.1) is 11.8 Å². The zero-order valence-electron chi connectivity index (χ0n) is 18.1. The molecule has 0 nitrogen and oxygen atoms in total. The van der Waals surface area contributed by atoms with Crippen LogP contribution >= 0.6 is 46.4 Å². The third-order valence-corrected chi connectivity index (χ3v) is 9.42. The zero-order valence-corrected chi connectivity index (χ0v) is 21.1. The molecule has 0 fully saturated rings. The first-order chi connectivity index (χ1) is 16.5. The van der Waals surface area contributed by atoms with Gasteiger partial charge >= 0.3 is 0 Å². The highest BCUT2D eigenvalue weighted by atomic mass is 35.5. The van der Waals surface area contributed by atoms with Gasteiger partial charge in [-0.15, -0.1) is 23.2 Å². The molecule has 0 aliphatic heterocycles. The van der Waals surface area contributed by atoms with Gasteiger partial charge in [-0.1, -0.05) is 132 Å². The summed E-state index contributed by atoms with van der Waals surface area (Å²) in [5.74, 6) is -0.618. The van der Waals surface area contributed by atoms with Crippen LogP contribution in [-0.4, -0.2) is 0 Å². The van der Waals surface area contributed by atoms with Crippen LogP contribution in [0.25, 0.3) is 5.03 Å². The summed E-state index contributed by atoms with van der Waals surface area (Å²) in [6, 6.07) is 28.4. The summed E-state index contributed by atoms with van der Waals surface area (Å²) in [4.78, 5) is -1.93. The third-order valence-electron chi connectivity index (χ3n) is 7.28. The van der Waals surface area contributed by atoms with E-state index in [-0.39, 0.29) is 5.92 Å². The van der Waals surface area contributed by atoms with Crippen LogP contribution in [-0.2, 0) is 9.75 Å². The van der Waals surface area contributed by atoms with Gasteiger partial charge in [-0.05, 0) is 33.4 Å². The molecule has 0 heterocycles. The van der Waals surface area contributed by atoms with Crippen molar-refractivity contribution in [3.05, 3.63) is 148 Å². The van der Waals surface area contributed by atoms with E-state index in [9.17, 15) is 0 Å². The van der Waals surface area contributed by atoms with Gasteiger partial charge in [-0.25, -0.2) is 0 Å². The van der Waals surface area contributed by atoms with E-state index in [2.05, 4.69) is 36.4 Å². The van der Waals surface area contributed by atoms with Gasteiger partial charge in [-0.2, -0.15) is 0 Å². The average Bonchev–Trinajstić information content (AvgIpc) is 2.90. The molecule has 0 radical (unpaired) electrons. The molecular weight excluding hydrogens is 502 g/mol. The number of hydrogen-bond acceptors (Lipinski definition) is 0. The molecule has 168 valence electrons. The van der Waals surface area contributed by atoms with Gasteiger partial charge in [0.2, 0.25) is 0 Å². The van der Waals surface area contributed by atoms with Crippen molar-refractivity contribution in [3.8, 4) is 0 Å². The molecule has 34 heavy (non-hydrogen) atoms. The summed E-state index contributed by atoms with van der Waals surface area (Å²) in [6.07, 6.45) is 8.20. The Hall–Kier alpha value is -2.22. The number of allylic oxidation sites excluding steroid dienone is 7. The number of fused-ring (bicyclic) bond motifs is 3. The van der Waals surface area contributed by atoms with E-state index in [1.165, 1.54) is 0 Å². The number of alkyl halides is 2. The number of rotatable bonds is 2. The van der Waals surface area contributed by atoms with E-state index in [0.29, 0.717) is 10.1 Å². The molecule has 3 aromatic rings. The van der Waals surface area contributed by atoms with Crippen molar-refractivity contribution in [3.63, 3.8) is 0 Å². The highest BCUT2D eigenvalue weighted by Gasteiger charge is 2.62. The van der Waals surface area contributed by atoms with Gasteiger partial charge < -0.3 is 0 Å². The van der Waals surface area contributed by atoms with E-state index in [0.717, 1.165) is 33.4 Å². The van der Waals surface area contributed by atoms with Crippen molar-refractivity contribution in [2.24, 2.45) is 11.8 Å². The van der Waals surface area contributed by atoms with Crippen LogP contribution in [0.2, 0.25) is 0 Å². The van der Waals surface area contributed by atoms with E-state index in [1.807, 2.05) is 72.8 Å². The Morgan fingerprint density at radius 1 is 0.647 bits per heavy atom. The average molecular weight is 522 g/mol. The van der Waals surface area contributed by atoms with Crippen molar-refractivity contribution < 1.29 is 0 Å². The van der Waals surface area contributed by atoms with Gasteiger partial charge in [-0.3, -0.25) is 0 Å². The SMILES string of the molecule is ClC1=C2C=CC=C[C@H]2[C@@](Cl)(c2ccccc2)[C@@H]2C1=C(Cl)c1ccccc1[C@@]2(Cl)c1ccccc1. The molecule has 3 aliphatic rings. The van der Waals surface area contributed by atoms with Crippen LogP contribution < -0.4 is 0 Å². The zero-order chi connectivity index (χ0) is 23.5. The molecule has 0 amide bonds. The lowest BCUT2D eigenvalue weighted by molar-refractivity contribution is 0.303. The predicted molar refractivity (Wildman–Crippen MR) is 144 cm³/mol. The molecule has 0 spiro atoms. The first kappa shape index (κ1) is 22.3. The standard InChI is InChI=1S/C30H20Cl4/c31-26-21-15-7-9-17-23(21)29(33,19-11-3-1-4-12-19)28-25(26)27(32)22-16-8-10-18-24(22)30(28,34)20-13-5-2-6-14-20/h1-18,23,28H/t23-,28+,29+,30+/m1/s1. The molecule has 6 rings (SSSR count). The molecule has 4 atom stereocenters. The molecule has 0 N–H and O–H groups in total. The van der Waals surface area contributed by atoms with Gasteiger partial charge in [0, 0.05) is 16.9 Å². The maximum atomic E-state index is 7.92. The quantitative estimate of drug-likeness (QED) is 0.295. The van der Waals surface area contributed by atoms with E-state index in [4.69, 9.17) is 46.4 Å². The van der Waals surface area contributed by atoms with Crippen LogP contribution in [0.5, 0.6) is 0 Å². The minimum Gasteiger partial charge on any atom is -0.112 e. The maximum absolute atomic E-state index is 7.92. The van der Waals surface area contributed by atoms with E-state index >= 15 is 0 Å². The molecule has 0 saturated carbocycles. The Morgan fingerprint density at radius 2 is 1.26 bits per heavy atom. The Bertz CT molecular complexity index is 1400. The van der Waals surface area contributed by atoms with Gasteiger partial charge in [0.05, 0.1) is 9.91 Å². The van der Waals surface area contributed by atoms with Gasteiger partial charge in [0.25, 0.3) is 0 Å². The maximum Gasteiger partial charge on any atom is 0.104 e. The van der Waals surface area contributed by atoms with Crippen molar-refractivity contribution in [1.29, 1.82) is 0 Å². The summed E-state index contributed by atoms with van der Waals surface area (Å²) in [5, 5.41) is 1.23. The summed E-state index contributed by atoms with van der Waals surface area (Å²) in [7, 11) is 0. The highest BCUT2D eigenvalue weighted by Crippen LogP contribution is 2.68. The van der Waals surface area contributed by atoms with Crippen LogP contribution in [0.1, 0.15) is 22.3 Å². The Morgan fingerprint density at radius 3 is 1.97 bits per heavy atom. The Kier molecular flexibility index (Phi) is 5.35. The van der Waals surface area contributed by atoms with E-state index < -0.39 is 15.7 Å². The predicted octanol–water partition coefficient (Wildman–Crippen LogP) is 9.13. The fourth-order valence-corrected chi connectivity index (χ4v) is 7.85. The largest absolute Gasteiger partial charge is 0.112 e. The Labute approximate surface area is 219 Å². The first-order valence-electron chi connectivity index (χ1n) is 11.2. The van der Waals surface area contributed by atoms with Gasteiger partial charge in [0.15, 0.2) is 0 Å². The second kappa shape index (κ2) is 8.18. The molecule has 3 aromatic carbocycles. The molecular formula is C30H20Cl4. The lowest BCUT2D eigenvalue weighted by atomic mass is 9.56. The minimum atomic E-state index is -0.996. The number of benzene rings is 3. The van der Waals surface area contributed by atoms with Crippen LogP contribution in [0.15, 0.2) is 125 Å². The molecule has 4 heteroatoms. The van der Waals surface area contributed by atoms with Crippen LogP contribution in [0.4, 0.5) is 0 Å². The van der Waals surface area contributed by atoms with Gasteiger partial charge in [0.1, 0.15) is 4.87 Å². The minimum absolute atomic E-state index is 0.181. The van der Waals surface area contributed by atoms with Crippen LogP contribution in [0.3, 0.4) is 0 Å². The van der Waals surface area contributed by atoms with E-state index in [1.54, 1.807) is 0 Å². The lowest BCUT2D eigenvalue weighted by Gasteiger charge is -2.55. The summed E-state index contributed by atoms with van der Waals surface area (Å²) < 4.78 is 0. The smallest absolute Gasteiger partial charge is 0.104 e. The third kappa shape index (κ3) is 2.93. The summed E-state index contributed by atoms with van der Waals surface area (Å²) in [5.41, 5.74) is 5.51. The molecule has 0 saturated heterocycles. The lowest BCUT2D eigenvalue weighted by Crippen LogP contribution is -2.52. The fourth-order valence-electron chi connectivity index (χ4n) is 5.84. The van der Waals surface area contributed by atoms with Crippen molar-refractivity contribution in [2.45, 2.75) is 9.75 Å². The number of hydrogen-bond donors (Lipinski definition) is 0. The first-order valence-corrected chi connectivity index (χ1v) is 12.7. The monoisotopic (exact) mass is 520 g/mol. The Balaban J connectivity index is 1.79. The van der Waals surface area contributed by atoms with Crippen molar-refractivity contribution >= 4 is 51.4 Å². The fraction of sp³-hybridized carbons (Fsp3) is 0.133. The molecule has 0 bridgehead atoms.